The number of aromatic nitrogens is 2. The molecule has 0 spiro atoms. The molecular weight excluding hydrogens is 454 g/mol. The fourth-order valence-electron chi connectivity index (χ4n) is 4.05. The lowest BCUT2D eigenvalue weighted by Crippen LogP contribution is -2.45. The van der Waals surface area contributed by atoms with Crippen molar-refractivity contribution in [2.75, 3.05) is 38.3 Å². The van der Waals surface area contributed by atoms with Crippen LogP contribution in [-0.4, -0.2) is 67.5 Å². The third-order valence-corrected chi connectivity index (χ3v) is 5.84. The van der Waals surface area contributed by atoms with Crippen molar-refractivity contribution in [2.45, 2.75) is 18.6 Å². The average Bonchev–Trinajstić information content (AvgIpc) is 3.27. The molecular formula is C24H25N5O6. The van der Waals surface area contributed by atoms with Gasteiger partial charge in [-0.1, -0.05) is 0 Å². The van der Waals surface area contributed by atoms with Gasteiger partial charge in [0.1, 0.15) is 19.3 Å². The van der Waals surface area contributed by atoms with Crippen LogP contribution in [0.1, 0.15) is 5.56 Å². The van der Waals surface area contributed by atoms with Crippen molar-refractivity contribution in [3.8, 4) is 17.4 Å². The lowest BCUT2D eigenvalue weighted by Gasteiger charge is -2.21. The fourth-order valence-corrected chi connectivity index (χ4v) is 4.05. The van der Waals surface area contributed by atoms with Crippen molar-refractivity contribution in [1.82, 2.24) is 15.3 Å². The SMILES string of the molecule is COc1ccc2nccc(C[C@H](N)C(=O)NC[C@@H]3CN(c4ccc5c(c4)OCCO5)C(=O)O3)c2n1. The van der Waals surface area contributed by atoms with Crippen LogP contribution >= 0.6 is 0 Å². The molecule has 2 aliphatic rings. The first-order valence-corrected chi connectivity index (χ1v) is 11.2. The molecule has 2 amide bonds. The Balaban J connectivity index is 1.18. The summed E-state index contributed by atoms with van der Waals surface area (Å²) < 4.78 is 21.7. The Morgan fingerprint density at radius 3 is 2.89 bits per heavy atom. The molecule has 3 N–H and O–H groups in total. The zero-order valence-electron chi connectivity index (χ0n) is 19.1. The third-order valence-electron chi connectivity index (χ3n) is 5.84. The number of ether oxygens (including phenoxy) is 4. The molecule has 1 fully saturated rings. The Hall–Kier alpha value is -4.12. The van der Waals surface area contributed by atoms with Crippen LogP contribution in [0.4, 0.5) is 10.5 Å². The van der Waals surface area contributed by atoms with Crippen LogP contribution in [0.2, 0.25) is 0 Å². The van der Waals surface area contributed by atoms with Crippen molar-refractivity contribution in [1.29, 1.82) is 0 Å². The quantitative estimate of drug-likeness (QED) is 0.515. The van der Waals surface area contributed by atoms with E-state index in [1.807, 2.05) is 0 Å². The zero-order chi connectivity index (χ0) is 24.4. The van der Waals surface area contributed by atoms with Gasteiger partial charge < -0.3 is 30.0 Å². The van der Waals surface area contributed by atoms with Crippen molar-refractivity contribution in [2.24, 2.45) is 5.73 Å². The molecule has 0 saturated carbocycles. The van der Waals surface area contributed by atoms with Gasteiger partial charge in [-0.25, -0.2) is 9.78 Å². The maximum absolute atomic E-state index is 12.7. The Labute approximate surface area is 201 Å². The Morgan fingerprint density at radius 2 is 2.06 bits per heavy atom. The molecule has 11 heteroatoms. The van der Waals surface area contributed by atoms with E-state index in [1.54, 1.807) is 42.6 Å². The van der Waals surface area contributed by atoms with Gasteiger partial charge >= 0.3 is 6.09 Å². The number of amides is 2. The van der Waals surface area contributed by atoms with E-state index in [1.165, 1.54) is 12.0 Å². The smallest absolute Gasteiger partial charge is 0.414 e. The highest BCUT2D eigenvalue weighted by atomic mass is 16.6. The van der Waals surface area contributed by atoms with Crippen LogP contribution in [0.25, 0.3) is 11.0 Å². The Morgan fingerprint density at radius 1 is 1.23 bits per heavy atom. The van der Waals surface area contributed by atoms with E-state index in [9.17, 15) is 9.59 Å². The van der Waals surface area contributed by atoms with Gasteiger partial charge in [0.15, 0.2) is 11.5 Å². The normalized spacial score (nSPS) is 17.7. The third kappa shape index (κ3) is 4.76. The summed E-state index contributed by atoms with van der Waals surface area (Å²) in [5.74, 6) is 1.32. The van der Waals surface area contributed by atoms with Gasteiger partial charge in [0, 0.05) is 18.3 Å². The monoisotopic (exact) mass is 479 g/mol. The maximum Gasteiger partial charge on any atom is 0.414 e. The number of methoxy groups -OCH3 is 1. The summed E-state index contributed by atoms with van der Waals surface area (Å²) in [5.41, 5.74) is 8.91. The number of pyridine rings is 2. The van der Waals surface area contributed by atoms with E-state index in [0.29, 0.717) is 47.3 Å². The molecule has 0 aliphatic carbocycles. The van der Waals surface area contributed by atoms with E-state index in [4.69, 9.17) is 24.7 Å². The molecule has 4 heterocycles. The summed E-state index contributed by atoms with van der Waals surface area (Å²) in [6.07, 6.45) is 0.910. The number of cyclic esters (lactones) is 1. The molecule has 2 atom stereocenters. The van der Waals surface area contributed by atoms with E-state index in [-0.39, 0.29) is 25.4 Å². The molecule has 1 saturated heterocycles. The Kier molecular flexibility index (Phi) is 6.23. The number of nitrogens with two attached hydrogens (primary N) is 1. The minimum atomic E-state index is -0.820. The van der Waals surface area contributed by atoms with Crippen LogP contribution in [-0.2, 0) is 16.0 Å². The number of anilines is 1. The molecule has 35 heavy (non-hydrogen) atoms. The predicted octanol–water partition coefficient (Wildman–Crippen LogP) is 1.42. The molecule has 0 bridgehead atoms. The number of carbonyl (C=O) groups is 2. The van der Waals surface area contributed by atoms with Gasteiger partial charge in [0.05, 0.1) is 43.0 Å². The van der Waals surface area contributed by atoms with Crippen molar-refractivity contribution in [3.05, 3.63) is 48.2 Å². The van der Waals surface area contributed by atoms with E-state index < -0.39 is 18.2 Å². The Bertz CT molecular complexity index is 1270. The van der Waals surface area contributed by atoms with Crippen LogP contribution in [0.5, 0.6) is 17.4 Å². The van der Waals surface area contributed by atoms with Gasteiger partial charge in [-0.05, 0) is 36.2 Å². The molecule has 5 rings (SSSR count). The maximum atomic E-state index is 12.7. The number of hydrogen-bond donors (Lipinski definition) is 2. The number of benzene rings is 1. The van der Waals surface area contributed by atoms with Gasteiger partial charge in [-0.2, -0.15) is 0 Å². The lowest BCUT2D eigenvalue weighted by molar-refractivity contribution is -0.122. The molecule has 1 aromatic carbocycles. The fraction of sp³-hybridized carbons (Fsp3) is 0.333. The topological polar surface area (TPSA) is 138 Å². The summed E-state index contributed by atoms with van der Waals surface area (Å²) in [7, 11) is 1.54. The van der Waals surface area contributed by atoms with E-state index in [2.05, 4.69) is 15.3 Å². The highest BCUT2D eigenvalue weighted by Crippen LogP contribution is 2.35. The number of fused-ring (bicyclic) bond motifs is 2. The number of nitrogens with one attached hydrogen (secondary N) is 1. The first-order valence-electron chi connectivity index (χ1n) is 11.2. The summed E-state index contributed by atoms with van der Waals surface area (Å²) in [5, 5.41) is 2.78. The van der Waals surface area contributed by atoms with Crippen molar-refractivity contribution >= 4 is 28.7 Å². The van der Waals surface area contributed by atoms with Crippen LogP contribution in [0, 0.1) is 0 Å². The molecule has 0 radical (unpaired) electrons. The number of rotatable bonds is 7. The molecule has 2 aliphatic heterocycles. The second-order valence-electron chi connectivity index (χ2n) is 8.19. The first-order chi connectivity index (χ1) is 17.0. The number of hydrogen-bond acceptors (Lipinski definition) is 9. The van der Waals surface area contributed by atoms with Crippen molar-refractivity contribution in [3.63, 3.8) is 0 Å². The van der Waals surface area contributed by atoms with Crippen LogP contribution < -0.4 is 30.2 Å². The van der Waals surface area contributed by atoms with Gasteiger partial charge in [-0.3, -0.25) is 14.7 Å². The van der Waals surface area contributed by atoms with Crippen LogP contribution in [0.3, 0.4) is 0 Å². The summed E-state index contributed by atoms with van der Waals surface area (Å²) in [6.45, 7) is 1.37. The second-order valence-corrected chi connectivity index (χ2v) is 8.19. The minimum absolute atomic E-state index is 0.141. The summed E-state index contributed by atoms with van der Waals surface area (Å²) in [4.78, 5) is 35.3. The summed E-state index contributed by atoms with van der Waals surface area (Å²) in [6, 6.07) is 9.77. The standard InChI is InChI=1S/C24H25N5O6/c1-32-21-5-3-18-22(28-21)14(6-7-26-18)10-17(25)23(30)27-12-16-13-29(24(31)35-16)15-2-4-19-20(11-15)34-9-8-33-19/h2-7,11,16-17H,8-10,12-13,25H2,1H3,(H,27,30)/t16-,17+/m1/s1. The molecule has 182 valence electrons. The van der Waals surface area contributed by atoms with Crippen LogP contribution in [0.15, 0.2) is 42.6 Å². The highest BCUT2D eigenvalue weighted by Gasteiger charge is 2.33. The predicted molar refractivity (Wildman–Crippen MR) is 126 cm³/mol. The van der Waals surface area contributed by atoms with E-state index >= 15 is 0 Å². The molecule has 11 nitrogen and oxygen atoms in total. The number of carbonyl (C=O) groups excluding carboxylic acids is 2. The number of nitrogens with zero attached hydrogens (tertiary/aromatic N) is 3. The van der Waals surface area contributed by atoms with Gasteiger partial charge in [0.25, 0.3) is 0 Å². The summed E-state index contributed by atoms with van der Waals surface area (Å²) >= 11 is 0. The second kappa shape index (κ2) is 9.63. The van der Waals surface area contributed by atoms with Gasteiger partial charge in [0.2, 0.25) is 11.8 Å². The van der Waals surface area contributed by atoms with E-state index in [0.717, 1.165) is 5.56 Å². The van der Waals surface area contributed by atoms with Gasteiger partial charge in [-0.15, -0.1) is 0 Å². The molecule has 3 aromatic rings. The zero-order valence-corrected chi connectivity index (χ0v) is 19.1. The minimum Gasteiger partial charge on any atom is -0.486 e. The highest BCUT2D eigenvalue weighted by molar-refractivity contribution is 5.90. The largest absolute Gasteiger partial charge is 0.486 e. The molecule has 2 aromatic heterocycles. The first kappa shape index (κ1) is 22.7. The van der Waals surface area contributed by atoms with Crippen molar-refractivity contribution < 1.29 is 28.5 Å². The average molecular weight is 479 g/mol. The molecule has 0 unspecified atom stereocenters. The lowest BCUT2D eigenvalue weighted by atomic mass is 10.0.